The van der Waals surface area contributed by atoms with Crippen molar-refractivity contribution in [3.63, 3.8) is 0 Å². The lowest BCUT2D eigenvalue weighted by atomic mass is 9.97. The number of hydrogen-bond acceptors (Lipinski definition) is 12. The van der Waals surface area contributed by atoms with Crippen molar-refractivity contribution in [2.24, 2.45) is 0 Å². The maximum absolute atomic E-state index is 11.4. The SMILES string of the molecule is C=CC(=O)Nc1ccc(O[C@@H]2O[C@H](CO)[C@@H](O)[C@H](O[C@@H]3O[C@H](CO)[C@H](O)[C@H](O)[C@H]3O)[C@H]2O)cc1. The predicted octanol–water partition coefficient (Wildman–Crippen LogP) is -3.19. The Morgan fingerprint density at radius 3 is 2.06 bits per heavy atom. The molecule has 2 fully saturated rings. The number of ether oxygens (including phenoxy) is 4. The van der Waals surface area contributed by atoms with E-state index in [4.69, 9.17) is 18.9 Å². The van der Waals surface area contributed by atoms with Gasteiger partial charge in [-0.3, -0.25) is 4.79 Å². The summed E-state index contributed by atoms with van der Waals surface area (Å²) in [7, 11) is 0. The number of hydrogen-bond donors (Lipinski definition) is 8. The minimum atomic E-state index is -1.77. The zero-order chi connectivity index (χ0) is 25.0. The molecule has 2 aliphatic heterocycles. The van der Waals surface area contributed by atoms with Crippen molar-refractivity contribution in [3.8, 4) is 5.75 Å². The number of carbonyl (C=O) groups is 1. The highest BCUT2D eigenvalue weighted by Gasteiger charge is 2.51. The van der Waals surface area contributed by atoms with Crippen LogP contribution in [0.5, 0.6) is 5.75 Å². The standard InChI is InChI=1S/C21H29NO12/c1-2-13(25)22-9-3-5-10(6-4-9)31-21-18(30)19(15(27)12(8-24)33-21)34-20-17(29)16(28)14(26)11(7-23)32-20/h2-6,11-12,14-21,23-24,26-30H,1,7-8H2,(H,22,25)/t11-,12-,14+,15-,16+,17-,18-,19+,20+,21-/m1/s1. The van der Waals surface area contributed by atoms with Crippen LogP contribution in [0.4, 0.5) is 5.69 Å². The summed E-state index contributed by atoms with van der Waals surface area (Å²) in [4.78, 5) is 11.4. The number of nitrogens with one attached hydrogen (secondary N) is 1. The van der Waals surface area contributed by atoms with Gasteiger partial charge in [0.15, 0.2) is 6.29 Å². The maximum Gasteiger partial charge on any atom is 0.247 e. The first kappa shape index (κ1) is 26.4. The summed E-state index contributed by atoms with van der Waals surface area (Å²) < 4.78 is 21.8. The molecule has 1 amide bonds. The summed E-state index contributed by atoms with van der Waals surface area (Å²) in [5.74, 6) is -0.201. The molecule has 0 radical (unpaired) electrons. The normalized spacial score (nSPS) is 38.2. The Kier molecular flexibility index (Phi) is 8.95. The molecule has 0 aliphatic carbocycles. The third-order valence-electron chi connectivity index (χ3n) is 5.52. The lowest BCUT2D eigenvalue weighted by molar-refractivity contribution is -0.352. The molecule has 10 atom stereocenters. The van der Waals surface area contributed by atoms with Crippen LogP contribution >= 0.6 is 0 Å². The van der Waals surface area contributed by atoms with Crippen LogP contribution in [0.2, 0.25) is 0 Å². The largest absolute Gasteiger partial charge is 0.462 e. The highest BCUT2D eigenvalue weighted by Crippen LogP contribution is 2.30. The molecule has 13 nitrogen and oxygen atoms in total. The molecular weight excluding hydrogens is 458 g/mol. The highest BCUT2D eigenvalue weighted by atomic mass is 16.7. The number of rotatable bonds is 8. The van der Waals surface area contributed by atoms with Crippen LogP contribution in [0.15, 0.2) is 36.9 Å². The van der Waals surface area contributed by atoms with Crippen molar-refractivity contribution in [1.29, 1.82) is 0 Å². The van der Waals surface area contributed by atoms with E-state index in [1.165, 1.54) is 24.3 Å². The van der Waals surface area contributed by atoms with E-state index >= 15 is 0 Å². The fraction of sp³-hybridized carbons (Fsp3) is 0.571. The average Bonchev–Trinajstić information content (AvgIpc) is 2.84. The summed E-state index contributed by atoms with van der Waals surface area (Å²) in [6.07, 6.45) is -14.4. The average molecular weight is 487 g/mol. The minimum Gasteiger partial charge on any atom is -0.462 e. The van der Waals surface area contributed by atoms with E-state index in [2.05, 4.69) is 11.9 Å². The van der Waals surface area contributed by atoms with Gasteiger partial charge in [0.25, 0.3) is 0 Å². The van der Waals surface area contributed by atoms with Crippen molar-refractivity contribution in [1.82, 2.24) is 0 Å². The molecule has 2 heterocycles. The number of aliphatic hydroxyl groups excluding tert-OH is 7. The van der Waals surface area contributed by atoms with Gasteiger partial charge in [-0.2, -0.15) is 0 Å². The molecule has 13 heteroatoms. The second-order valence-corrected chi connectivity index (χ2v) is 7.84. The number of carbonyl (C=O) groups excluding carboxylic acids is 1. The van der Waals surface area contributed by atoms with Crippen LogP contribution in [0.25, 0.3) is 0 Å². The van der Waals surface area contributed by atoms with Gasteiger partial charge in [-0.1, -0.05) is 6.58 Å². The second kappa shape index (κ2) is 11.5. The molecule has 1 aromatic rings. The summed E-state index contributed by atoms with van der Waals surface area (Å²) in [6, 6.07) is 5.99. The van der Waals surface area contributed by atoms with Crippen LogP contribution in [-0.4, -0.2) is 116 Å². The second-order valence-electron chi connectivity index (χ2n) is 7.84. The molecule has 0 spiro atoms. The zero-order valence-electron chi connectivity index (χ0n) is 18.0. The van der Waals surface area contributed by atoms with E-state index < -0.39 is 80.5 Å². The first-order chi connectivity index (χ1) is 16.2. The zero-order valence-corrected chi connectivity index (χ0v) is 18.0. The van der Waals surface area contributed by atoms with Crippen LogP contribution in [-0.2, 0) is 19.0 Å². The fourth-order valence-electron chi connectivity index (χ4n) is 3.59. The van der Waals surface area contributed by atoms with E-state index in [1.807, 2.05) is 0 Å². The Morgan fingerprint density at radius 1 is 0.882 bits per heavy atom. The van der Waals surface area contributed by atoms with Gasteiger partial charge >= 0.3 is 0 Å². The Labute approximate surface area is 194 Å². The van der Waals surface area contributed by atoms with Crippen LogP contribution in [0, 0.1) is 0 Å². The van der Waals surface area contributed by atoms with E-state index in [9.17, 15) is 40.5 Å². The van der Waals surface area contributed by atoms with Gasteiger partial charge < -0.3 is 60.0 Å². The van der Waals surface area contributed by atoms with Gasteiger partial charge in [0.2, 0.25) is 12.2 Å². The van der Waals surface area contributed by atoms with E-state index in [0.717, 1.165) is 6.08 Å². The first-order valence-electron chi connectivity index (χ1n) is 10.5. The molecule has 1 aromatic carbocycles. The molecule has 0 unspecified atom stereocenters. The Hall–Kier alpha value is -2.17. The molecular formula is C21H29NO12. The monoisotopic (exact) mass is 487 g/mol. The van der Waals surface area contributed by atoms with Crippen molar-refractivity contribution >= 4 is 11.6 Å². The molecule has 3 rings (SSSR count). The fourth-order valence-corrected chi connectivity index (χ4v) is 3.59. The van der Waals surface area contributed by atoms with Crippen molar-refractivity contribution in [2.45, 2.75) is 61.4 Å². The summed E-state index contributed by atoms with van der Waals surface area (Å²) >= 11 is 0. The summed E-state index contributed by atoms with van der Waals surface area (Å²) in [5.41, 5.74) is 0.454. The number of amides is 1. The molecule has 2 aliphatic rings. The van der Waals surface area contributed by atoms with Crippen LogP contribution in [0.1, 0.15) is 0 Å². The lowest BCUT2D eigenvalue weighted by Gasteiger charge is -2.45. The smallest absolute Gasteiger partial charge is 0.247 e. The van der Waals surface area contributed by atoms with Gasteiger partial charge in [0, 0.05) is 5.69 Å². The van der Waals surface area contributed by atoms with Crippen molar-refractivity contribution < 1.29 is 59.5 Å². The van der Waals surface area contributed by atoms with Crippen LogP contribution < -0.4 is 10.1 Å². The molecule has 8 N–H and O–H groups in total. The van der Waals surface area contributed by atoms with E-state index in [-0.39, 0.29) is 5.75 Å². The molecule has 190 valence electrons. The molecule has 34 heavy (non-hydrogen) atoms. The van der Waals surface area contributed by atoms with Crippen molar-refractivity contribution in [2.75, 3.05) is 18.5 Å². The predicted molar refractivity (Wildman–Crippen MR) is 112 cm³/mol. The molecule has 0 saturated carbocycles. The number of aliphatic hydroxyl groups is 7. The van der Waals surface area contributed by atoms with Crippen molar-refractivity contribution in [3.05, 3.63) is 36.9 Å². The quantitative estimate of drug-likeness (QED) is 0.171. The van der Waals surface area contributed by atoms with E-state index in [1.54, 1.807) is 0 Å². The Balaban J connectivity index is 1.73. The third-order valence-corrected chi connectivity index (χ3v) is 5.52. The highest BCUT2D eigenvalue weighted by molar-refractivity contribution is 5.98. The molecule has 0 aromatic heterocycles. The van der Waals surface area contributed by atoms with Gasteiger partial charge in [-0.05, 0) is 30.3 Å². The topological polar surface area (TPSA) is 208 Å². The van der Waals surface area contributed by atoms with Gasteiger partial charge in [-0.15, -0.1) is 0 Å². The molecule has 2 saturated heterocycles. The minimum absolute atomic E-state index is 0.209. The van der Waals surface area contributed by atoms with Crippen LogP contribution in [0.3, 0.4) is 0 Å². The Morgan fingerprint density at radius 2 is 1.47 bits per heavy atom. The third kappa shape index (κ3) is 5.72. The lowest BCUT2D eigenvalue weighted by Crippen LogP contribution is -2.65. The van der Waals surface area contributed by atoms with Gasteiger partial charge in [0.05, 0.1) is 13.2 Å². The summed E-state index contributed by atoms with van der Waals surface area (Å²) in [5, 5.41) is 72.8. The summed E-state index contributed by atoms with van der Waals surface area (Å²) in [6.45, 7) is 1.99. The number of benzene rings is 1. The molecule has 0 bridgehead atoms. The van der Waals surface area contributed by atoms with Gasteiger partial charge in [0.1, 0.15) is 54.6 Å². The first-order valence-corrected chi connectivity index (χ1v) is 10.5. The van der Waals surface area contributed by atoms with Gasteiger partial charge in [-0.25, -0.2) is 0 Å². The Bertz CT molecular complexity index is 820. The number of anilines is 1. The maximum atomic E-state index is 11.4. The van der Waals surface area contributed by atoms with E-state index in [0.29, 0.717) is 5.69 Å².